The quantitative estimate of drug-likeness (QED) is 0.132. The molecule has 9 heteroatoms. The van der Waals surface area contributed by atoms with Crippen LogP contribution in [0.25, 0.3) is 11.1 Å². The lowest BCUT2D eigenvalue weighted by molar-refractivity contribution is -0.142. The highest BCUT2D eigenvalue weighted by atomic mass is 32.2. The van der Waals surface area contributed by atoms with Crippen LogP contribution in [-0.4, -0.2) is 60.3 Å². The minimum Gasteiger partial charge on any atom is -0.467 e. The molecular weight excluding hydrogens is 594 g/mol. The van der Waals surface area contributed by atoms with Gasteiger partial charge in [-0.3, -0.25) is 14.5 Å². The Labute approximate surface area is 270 Å². The maximum absolute atomic E-state index is 14.1. The van der Waals surface area contributed by atoms with Gasteiger partial charge < -0.3 is 10.1 Å². The molecule has 242 valence electrons. The number of nitrogens with zero attached hydrogens (tertiary/aromatic N) is 1. The second-order valence-corrected chi connectivity index (χ2v) is 11.9. The van der Waals surface area contributed by atoms with Gasteiger partial charge in [0.25, 0.3) is 5.91 Å². The summed E-state index contributed by atoms with van der Waals surface area (Å²) in [5.41, 5.74) is 4.06. The number of methoxy groups -OCH3 is 1. The molecule has 0 bridgehead atoms. The molecule has 0 aliphatic heterocycles. The van der Waals surface area contributed by atoms with Crippen LogP contribution in [-0.2, 0) is 20.9 Å². The summed E-state index contributed by atoms with van der Waals surface area (Å²) >= 11 is 1.59. The van der Waals surface area contributed by atoms with Gasteiger partial charge in [-0.2, -0.15) is 11.8 Å². The van der Waals surface area contributed by atoms with Gasteiger partial charge in [-0.05, 0) is 92.0 Å². The number of nitrogens with one attached hydrogen (secondary N) is 1. The Morgan fingerprint density at radius 3 is 2.44 bits per heavy atom. The zero-order valence-corrected chi connectivity index (χ0v) is 27.4. The molecule has 45 heavy (non-hydrogen) atoms. The predicted molar refractivity (Wildman–Crippen MR) is 179 cm³/mol. The number of aryl methyl sites for hydroxylation is 1. The molecule has 0 aromatic heterocycles. The molecular formula is C36H44F2N2O4S. The van der Waals surface area contributed by atoms with E-state index in [0.717, 1.165) is 41.2 Å². The van der Waals surface area contributed by atoms with Crippen LogP contribution < -0.4 is 5.32 Å². The zero-order valence-electron chi connectivity index (χ0n) is 26.6. The first-order valence-electron chi connectivity index (χ1n) is 15.0. The molecule has 1 aliphatic rings. The normalized spacial score (nSPS) is 14.8. The molecule has 1 amide bonds. The van der Waals surface area contributed by atoms with Gasteiger partial charge in [0.15, 0.2) is 0 Å². The maximum Gasteiger partial charge on any atom is 0.328 e. The maximum atomic E-state index is 14.1. The van der Waals surface area contributed by atoms with E-state index in [1.165, 1.54) is 20.1 Å². The number of carbonyl (C=O) groups is 3. The van der Waals surface area contributed by atoms with E-state index in [1.54, 1.807) is 17.8 Å². The van der Waals surface area contributed by atoms with E-state index in [2.05, 4.69) is 23.1 Å². The summed E-state index contributed by atoms with van der Waals surface area (Å²) in [5, 5.41) is 2.87. The van der Waals surface area contributed by atoms with Crippen LogP contribution in [0.3, 0.4) is 0 Å². The van der Waals surface area contributed by atoms with E-state index in [-0.39, 0.29) is 17.7 Å². The van der Waals surface area contributed by atoms with Gasteiger partial charge in [-0.25, -0.2) is 13.6 Å². The molecule has 3 rings (SSSR count). The third-order valence-corrected chi connectivity index (χ3v) is 8.32. The van der Waals surface area contributed by atoms with Crippen molar-refractivity contribution in [2.45, 2.75) is 71.0 Å². The standard InChI is InChI=1S/C34H42F2N2O4S.C2H2/c1-23-8-5-6-10-29(23)31-21-25(11-16-30(31)33(40)37-32(17-19-43-4)34(41)42-3)22-38(27-12-14-28(39)15-13-27)18-7-9-26(36)20-24(2)35;1-2/h5-6,8-11,16,20-21,27,32H,7,12-15,17-19,22H2,1-4H3,(H,37,40);1-2H/b24-20+,26-9+;. The van der Waals surface area contributed by atoms with E-state index in [9.17, 15) is 23.2 Å². The van der Waals surface area contributed by atoms with Crippen molar-refractivity contribution in [1.82, 2.24) is 10.2 Å². The Bertz CT molecular complexity index is 1370. The molecule has 1 atom stereocenters. The monoisotopic (exact) mass is 638 g/mol. The van der Waals surface area contributed by atoms with Gasteiger partial charge in [0.2, 0.25) is 0 Å². The molecule has 1 aliphatic carbocycles. The first-order chi connectivity index (χ1) is 21.6. The van der Waals surface area contributed by atoms with Gasteiger partial charge in [0, 0.05) is 43.6 Å². The smallest absolute Gasteiger partial charge is 0.328 e. The first kappa shape index (κ1) is 37.4. The van der Waals surface area contributed by atoms with E-state index in [4.69, 9.17) is 4.74 Å². The highest BCUT2D eigenvalue weighted by Gasteiger charge is 2.26. The number of amides is 1. The summed E-state index contributed by atoms with van der Waals surface area (Å²) in [4.78, 5) is 40.2. The van der Waals surface area contributed by atoms with Crippen molar-refractivity contribution in [1.29, 1.82) is 0 Å². The minimum atomic E-state index is -0.761. The average Bonchev–Trinajstić information content (AvgIpc) is 3.03. The number of terminal acetylenes is 1. The second kappa shape index (κ2) is 19.6. The summed E-state index contributed by atoms with van der Waals surface area (Å²) in [6.07, 6.45) is 15.5. The zero-order chi connectivity index (χ0) is 33.4. The van der Waals surface area contributed by atoms with Crippen molar-refractivity contribution >= 4 is 29.4 Å². The van der Waals surface area contributed by atoms with Gasteiger partial charge >= 0.3 is 5.97 Å². The Morgan fingerprint density at radius 2 is 1.82 bits per heavy atom. The van der Waals surface area contributed by atoms with Crippen molar-refractivity contribution in [3.8, 4) is 24.0 Å². The number of Topliss-reactive ketones (excluding diaryl/α,β-unsaturated/α-hetero) is 1. The highest BCUT2D eigenvalue weighted by molar-refractivity contribution is 7.98. The number of ketones is 1. The molecule has 1 fully saturated rings. The van der Waals surface area contributed by atoms with E-state index < -0.39 is 23.7 Å². The van der Waals surface area contributed by atoms with Crippen molar-refractivity contribution < 1.29 is 27.9 Å². The lowest BCUT2D eigenvalue weighted by Crippen LogP contribution is -2.42. The number of ether oxygens (including phenoxy) is 1. The van der Waals surface area contributed by atoms with Gasteiger partial charge in [0.1, 0.15) is 17.7 Å². The lowest BCUT2D eigenvalue weighted by atomic mass is 9.91. The average molecular weight is 639 g/mol. The van der Waals surface area contributed by atoms with Gasteiger partial charge in [0.05, 0.1) is 12.9 Å². The molecule has 2 aromatic carbocycles. The molecule has 6 nitrogen and oxygen atoms in total. The van der Waals surface area contributed by atoms with E-state index in [1.807, 2.05) is 49.6 Å². The minimum absolute atomic E-state index is 0.148. The Kier molecular flexibility index (Phi) is 16.3. The Morgan fingerprint density at radius 1 is 1.13 bits per heavy atom. The Hall–Kier alpha value is -3.74. The number of hydrogen-bond acceptors (Lipinski definition) is 6. The van der Waals surface area contributed by atoms with Gasteiger partial charge in [-0.1, -0.05) is 30.3 Å². The number of rotatable bonds is 14. The predicted octanol–water partition coefficient (Wildman–Crippen LogP) is 7.37. The van der Waals surface area contributed by atoms with Crippen molar-refractivity contribution in [2.75, 3.05) is 25.7 Å². The number of thioether (sulfide) groups is 1. The molecule has 0 saturated heterocycles. The summed E-state index contributed by atoms with van der Waals surface area (Å²) in [6.45, 7) is 4.25. The molecule has 1 saturated carbocycles. The number of esters is 1. The van der Waals surface area contributed by atoms with Crippen LogP contribution in [0.1, 0.15) is 66.9 Å². The number of halogens is 2. The summed E-state index contributed by atoms with van der Waals surface area (Å²) in [7, 11) is 1.31. The SMILES string of the molecule is C#C.COC(=O)C(CCSC)NC(=O)c1ccc(CN(CC/C=C(F)\C=C(/C)F)C2CCC(=O)CC2)cc1-c1ccccc1C. The topological polar surface area (TPSA) is 75.7 Å². The van der Waals surface area contributed by atoms with Crippen LogP contribution in [0.5, 0.6) is 0 Å². The molecule has 0 radical (unpaired) electrons. The number of carbonyl (C=O) groups excluding carboxylic acids is 3. The van der Waals surface area contributed by atoms with Crippen molar-refractivity contribution in [3.05, 3.63) is 83.0 Å². The highest BCUT2D eigenvalue weighted by Crippen LogP contribution is 2.30. The van der Waals surface area contributed by atoms with Gasteiger partial charge in [-0.15, -0.1) is 12.8 Å². The molecule has 0 spiro atoms. The Balaban J connectivity index is 0.00000345. The third-order valence-electron chi connectivity index (χ3n) is 7.67. The summed E-state index contributed by atoms with van der Waals surface area (Å²) in [5.74, 6) is -1.10. The number of hydrogen-bond donors (Lipinski definition) is 1. The van der Waals surface area contributed by atoms with Crippen LogP contribution in [0.4, 0.5) is 8.78 Å². The fourth-order valence-corrected chi connectivity index (χ4v) is 5.85. The third kappa shape index (κ3) is 11.9. The second-order valence-electron chi connectivity index (χ2n) is 10.9. The van der Waals surface area contributed by atoms with E-state index >= 15 is 0 Å². The van der Waals surface area contributed by atoms with Crippen LogP contribution in [0, 0.1) is 19.8 Å². The summed E-state index contributed by atoms with van der Waals surface area (Å²) < 4.78 is 32.1. The van der Waals surface area contributed by atoms with Crippen LogP contribution in [0.15, 0.2) is 66.3 Å². The molecule has 2 aromatic rings. The molecule has 0 heterocycles. The largest absolute Gasteiger partial charge is 0.467 e. The van der Waals surface area contributed by atoms with Crippen molar-refractivity contribution in [3.63, 3.8) is 0 Å². The number of benzene rings is 2. The van der Waals surface area contributed by atoms with Crippen LogP contribution >= 0.6 is 11.8 Å². The fourth-order valence-electron chi connectivity index (χ4n) is 5.38. The number of allylic oxidation sites excluding steroid dienone is 3. The molecule has 1 unspecified atom stereocenters. The summed E-state index contributed by atoms with van der Waals surface area (Å²) in [6, 6.07) is 12.9. The first-order valence-corrected chi connectivity index (χ1v) is 16.4. The van der Waals surface area contributed by atoms with Crippen LogP contribution in [0.2, 0.25) is 0 Å². The lowest BCUT2D eigenvalue weighted by Gasteiger charge is -2.34. The van der Waals surface area contributed by atoms with E-state index in [0.29, 0.717) is 50.1 Å². The fraction of sp³-hybridized carbons (Fsp3) is 0.417. The molecule has 1 N–H and O–H groups in total. The van der Waals surface area contributed by atoms with Crippen molar-refractivity contribution in [2.24, 2.45) is 0 Å².